The fraction of sp³-hybridized carbons (Fsp3) is 0.385. The summed E-state index contributed by atoms with van der Waals surface area (Å²) >= 11 is 1.25. The molecule has 0 saturated carbocycles. The van der Waals surface area contributed by atoms with Crippen LogP contribution in [0.2, 0.25) is 0 Å². The molecular formula is C13H16Cl2HfP. The van der Waals surface area contributed by atoms with Gasteiger partial charge in [0.1, 0.15) is 0 Å². The molecule has 0 saturated heterocycles. The van der Waals surface area contributed by atoms with Gasteiger partial charge in [-0.15, -0.1) is 0 Å². The Labute approximate surface area is 133 Å². The molecule has 17 heavy (non-hydrogen) atoms. The fourth-order valence-corrected chi connectivity index (χ4v) is 7.69. The minimum absolute atomic E-state index is 0. The van der Waals surface area contributed by atoms with Crippen LogP contribution < -0.4 is 24.8 Å². The van der Waals surface area contributed by atoms with Crippen LogP contribution in [0.3, 0.4) is 0 Å². The molecule has 0 aliphatic heterocycles. The van der Waals surface area contributed by atoms with Crippen molar-refractivity contribution in [1.82, 2.24) is 0 Å². The standard InChI is InChI=1S/C13H16P.2ClH.Hf/c1-9-5-6-10(2)13-8-11(14(3)4)7-12(9)13;;;/h5-8H,1-4H3;2*1H;/q;;;+2/p-2. The third kappa shape index (κ3) is 3.24. The third-order valence-corrected chi connectivity index (χ3v) is 7.56. The van der Waals surface area contributed by atoms with Gasteiger partial charge < -0.3 is 24.8 Å². The first-order chi connectivity index (χ1) is 7.02. The Morgan fingerprint density at radius 3 is 2.06 bits per heavy atom. The van der Waals surface area contributed by atoms with E-state index in [0.717, 1.165) is 3.67 Å². The van der Waals surface area contributed by atoms with E-state index in [2.05, 4.69) is 45.4 Å². The van der Waals surface area contributed by atoms with Gasteiger partial charge in [0.05, 0.1) is 0 Å². The van der Waals surface area contributed by atoms with Crippen molar-refractivity contribution in [3.63, 3.8) is 0 Å². The van der Waals surface area contributed by atoms with Crippen LogP contribution in [0.1, 0.15) is 25.9 Å². The van der Waals surface area contributed by atoms with Crippen molar-refractivity contribution in [2.75, 3.05) is 13.3 Å². The minimum Gasteiger partial charge on any atom is -1.00 e. The predicted molar refractivity (Wildman–Crippen MR) is 65.4 cm³/mol. The van der Waals surface area contributed by atoms with Crippen LogP contribution in [0.4, 0.5) is 0 Å². The van der Waals surface area contributed by atoms with Gasteiger partial charge >= 0.3 is 109 Å². The fourth-order valence-electron chi connectivity index (χ4n) is 2.20. The average Bonchev–Trinajstić information content (AvgIpc) is 2.51. The van der Waals surface area contributed by atoms with E-state index in [4.69, 9.17) is 0 Å². The summed E-state index contributed by atoms with van der Waals surface area (Å²) in [5.41, 5.74) is 6.09. The van der Waals surface area contributed by atoms with E-state index in [9.17, 15) is 0 Å². The molecule has 1 aliphatic carbocycles. The summed E-state index contributed by atoms with van der Waals surface area (Å²) in [6.45, 7) is 9.25. The van der Waals surface area contributed by atoms with E-state index in [1.54, 1.807) is 10.9 Å². The van der Waals surface area contributed by atoms with E-state index in [0.29, 0.717) is 0 Å². The van der Waals surface area contributed by atoms with Crippen molar-refractivity contribution in [2.24, 2.45) is 0 Å². The molecule has 0 fully saturated rings. The maximum atomic E-state index is 2.47. The summed E-state index contributed by atoms with van der Waals surface area (Å²) in [6.07, 6.45) is 2.47. The van der Waals surface area contributed by atoms with Crippen molar-refractivity contribution >= 4 is 14.0 Å². The monoisotopic (exact) mass is 453 g/mol. The predicted octanol–water partition coefficient (Wildman–Crippen LogP) is -2.00. The molecule has 0 nitrogen and oxygen atoms in total. The number of hydrogen-bond donors (Lipinski definition) is 0. The van der Waals surface area contributed by atoms with Crippen molar-refractivity contribution in [2.45, 2.75) is 17.5 Å². The van der Waals surface area contributed by atoms with Gasteiger partial charge in [0.25, 0.3) is 0 Å². The number of aryl methyl sites for hydroxylation is 2. The quantitative estimate of drug-likeness (QED) is 0.342. The van der Waals surface area contributed by atoms with Crippen LogP contribution >= 0.6 is 7.92 Å². The first-order valence-corrected chi connectivity index (χ1v) is 9.53. The summed E-state index contributed by atoms with van der Waals surface area (Å²) < 4.78 is 0.779. The molecule has 0 aromatic heterocycles. The molecule has 1 aliphatic rings. The maximum Gasteiger partial charge on any atom is -1.00 e. The second kappa shape index (κ2) is 6.85. The summed E-state index contributed by atoms with van der Waals surface area (Å²) in [7, 11) is 0.0838. The van der Waals surface area contributed by atoms with Crippen LogP contribution in [0, 0.1) is 13.8 Å². The van der Waals surface area contributed by atoms with Gasteiger partial charge in [-0.3, -0.25) is 0 Å². The molecule has 2 rings (SSSR count). The number of rotatable bonds is 1. The Bertz CT molecular complexity index is 441. The van der Waals surface area contributed by atoms with Crippen molar-refractivity contribution in [3.8, 4) is 0 Å². The average molecular weight is 453 g/mol. The SMILES string of the molecule is Cc1ccc(C)c2c1C=C(P(C)C)[CH]2[Hf+2].[Cl-].[Cl-]. The summed E-state index contributed by atoms with van der Waals surface area (Å²) in [5, 5.41) is 1.71. The van der Waals surface area contributed by atoms with Gasteiger partial charge in [-0.1, -0.05) is 0 Å². The third-order valence-electron chi connectivity index (χ3n) is 3.12. The smallest absolute Gasteiger partial charge is 1.00 e. The van der Waals surface area contributed by atoms with E-state index in [1.165, 1.54) is 41.1 Å². The van der Waals surface area contributed by atoms with E-state index >= 15 is 0 Å². The van der Waals surface area contributed by atoms with Gasteiger partial charge in [-0.25, -0.2) is 0 Å². The molecule has 0 amide bonds. The van der Waals surface area contributed by atoms with Crippen molar-refractivity contribution in [3.05, 3.63) is 39.7 Å². The Morgan fingerprint density at radius 1 is 1.06 bits per heavy atom. The second-order valence-electron chi connectivity index (χ2n) is 4.42. The summed E-state index contributed by atoms with van der Waals surface area (Å²) in [6, 6.07) is 4.54. The van der Waals surface area contributed by atoms with Crippen molar-refractivity contribution in [1.29, 1.82) is 0 Å². The van der Waals surface area contributed by atoms with Crippen LogP contribution in [0.25, 0.3) is 6.08 Å². The zero-order chi connectivity index (χ0) is 11.2. The van der Waals surface area contributed by atoms with E-state index in [1.807, 2.05) is 0 Å². The number of fused-ring (bicyclic) bond motifs is 1. The van der Waals surface area contributed by atoms with Gasteiger partial charge in [0, 0.05) is 0 Å². The van der Waals surface area contributed by atoms with E-state index < -0.39 is 0 Å². The molecule has 1 aromatic rings. The number of halogens is 2. The topological polar surface area (TPSA) is 0 Å². The molecule has 0 heterocycles. The van der Waals surface area contributed by atoms with Gasteiger partial charge in [0.2, 0.25) is 0 Å². The number of allylic oxidation sites excluding steroid dienone is 1. The van der Waals surface area contributed by atoms with Gasteiger partial charge in [-0.2, -0.15) is 0 Å². The Hall–Kier alpha value is 0.840. The van der Waals surface area contributed by atoms with Crippen molar-refractivity contribution < 1.29 is 49.2 Å². The van der Waals surface area contributed by atoms with Crippen LogP contribution in [-0.4, -0.2) is 13.3 Å². The molecule has 0 radical (unpaired) electrons. The van der Waals surface area contributed by atoms with Crippen LogP contribution in [0.5, 0.6) is 0 Å². The van der Waals surface area contributed by atoms with E-state index in [-0.39, 0.29) is 32.7 Å². The largest absolute Gasteiger partial charge is 1.00 e. The zero-order valence-corrected chi connectivity index (χ0v) is 16.5. The summed E-state index contributed by atoms with van der Waals surface area (Å²) in [4.78, 5) is 0. The first-order valence-electron chi connectivity index (χ1n) is 5.22. The maximum absolute atomic E-state index is 2.47. The molecule has 91 valence electrons. The van der Waals surface area contributed by atoms with Crippen LogP contribution in [-0.2, 0) is 24.4 Å². The molecule has 1 unspecified atom stereocenters. The minimum atomic E-state index is 0. The normalized spacial score (nSPS) is 17.1. The number of hydrogen-bond acceptors (Lipinski definition) is 0. The van der Waals surface area contributed by atoms with Gasteiger partial charge in [-0.05, 0) is 0 Å². The van der Waals surface area contributed by atoms with Gasteiger partial charge in [0.15, 0.2) is 0 Å². The first kappa shape index (κ1) is 17.8. The molecule has 0 spiro atoms. The zero-order valence-electron chi connectivity index (χ0n) is 10.5. The second-order valence-corrected chi connectivity index (χ2v) is 8.80. The molecule has 1 aromatic carbocycles. The Kier molecular flexibility index (Phi) is 7.19. The number of benzene rings is 1. The molecule has 0 bridgehead atoms. The Balaban J connectivity index is 0.00000128. The molecule has 4 heteroatoms. The Morgan fingerprint density at radius 2 is 1.59 bits per heavy atom. The molecular weight excluding hydrogens is 437 g/mol. The molecule has 0 N–H and O–H groups in total. The van der Waals surface area contributed by atoms with Crippen LogP contribution in [0.15, 0.2) is 17.4 Å². The summed E-state index contributed by atoms with van der Waals surface area (Å²) in [5.74, 6) is 0. The molecule has 1 atom stereocenters.